The zero-order chi connectivity index (χ0) is 18.4. The number of fused-ring (bicyclic) bond motifs is 1. The maximum absolute atomic E-state index is 12.8. The zero-order valence-corrected chi connectivity index (χ0v) is 12.3. The van der Waals surface area contributed by atoms with Gasteiger partial charge in [-0.25, -0.2) is 18.3 Å². The summed E-state index contributed by atoms with van der Waals surface area (Å²) >= 11 is 0. The fourth-order valence-corrected chi connectivity index (χ4v) is 1.97. The van der Waals surface area contributed by atoms with Crippen molar-refractivity contribution >= 4 is 17.4 Å². The lowest BCUT2D eigenvalue weighted by Gasteiger charge is -2.03. The van der Waals surface area contributed by atoms with Crippen LogP contribution in [0, 0.1) is 0 Å². The van der Waals surface area contributed by atoms with E-state index in [4.69, 9.17) is 0 Å². The van der Waals surface area contributed by atoms with Crippen molar-refractivity contribution in [1.29, 1.82) is 0 Å². The molecule has 0 aromatic carbocycles. The summed E-state index contributed by atoms with van der Waals surface area (Å²) in [5.74, 6) is -1.98. The predicted molar refractivity (Wildman–Crippen MR) is 71.9 cm³/mol. The highest BCUT2D eigenvalue weighted by Crippen LogP contribution is 2.27. The second-order valence-electron chi connectivity index (χ2n) is 4.85. The van der Waals surface area contributed by atoms with Crippen LogP contribution in [0.5, 0.6) is 0 Å². The minimum absolute atomic E-state index is 0.259. The Bertz CT molecular complexity index is 945. The summed E-state index contributed by atoms with van der Waals surface area (Å²) in [7, 11) is 1.38. The van der Waals surface area contributed by atoms with Crippen molar-refractivity contribution in [1.82, 2.24) is 29.4 Å². The van der Waals surface area contributed by atoms with E-state index < -0.39 is 41.5 Å². The van der Waals surface area contributed by atoms with E-state index in [1.54, 1.807) is 0 Å². The molecule has 3 aromatic heterocycles. The molecule has 0 bridgehead atoms. The van der Waals surface area contributed by atoms with E-state index in [2.05, 4.69) is 25.5 Å². The number of carbonyl (C=O) groups excluding carboxylic acids is 1. The third-order valence-corrected chi connectivity index (χ3v) is 3.01. The molecule has 132 valence electrons. The Morgan fingerprint density at radius 2 is 1.96 bits per heavy atom. The molecule has 3 rings (SSSR count). The van der Waals surface area contributed by atoms with Gasteiger partial charge >= 0.3 is 6.18 Å². The molecule has 1 N–H and O–H groups in total. The van der Waals surface area contributed by atoms with Crippen LogP contribution in [0.25, 0.3) is 5.78 Å². The van der Waals surface area contributed by atoms with Crippen LogP contribution in [0.15, 0.2) is 18.5 Å². The summed E-state index contributed by atoms with van der Waals surface area (Å²) in [4.78, 5) is 18.9. The molecule has 0 unspecified atom stereocenters. The van der Waals surface area contributed by atoms with Gasteiger partial charge in [0.25, 0.3) is 18.1 Å². The van der Waals surface area contributed by atoms with Gasteiger partial charge in [-0.15, -0.1) is 5.10 Å². The Morgan fingerprint density at radius 1 is 1.24 bits per heavy atom. The number of rotatable bonds is 3. The van der Waals surface area contributed by atoms with Gasteiger partial charge < -0.3 is 5.32 Å². The van der Waals surface area contributed by atoms with Gasteiger partial charge in [0.1, 0.15) is 5.69 Å². The van der Waals surface area contributed by atoms with E-state index in [1.165, 1.54) is 7.05 Å². The first-order valence-electron chi connectivity index (χ1n) is 6.59. The van der Waals surface area contributed by atoms with E-state index >= 15 is 0 Å². The molecule has 0 saturated carbocycles. The van der Waals surface area contributed by atoms with E-state index in [1.807, 2.05) is 0 Å². The third kappa shape index (κ3) is 3.25. The molecule has 13 heteroatoms. The molecule has 0 fully saturated rings. The molecule has 8 nitrogen and oxygen atoms in total. The molecule has 1 amide bonds. The average molecular weight is 361 g/mol. The molecule has 0 saturated heterocycles. The number of carbonyl (C=O) groups is 1. The second-order valence-corrected chi connectivity index (χ2v) is 4.85. The molecule has 0 atom stereocenters. The van der Waals surface area contributed by atoms with Gasteiger partial charge in [-0.3, -0.25) is 9.48 Å². The van der Waals surface area contributed by atoms with Crippen LogP contribution in [0.3, 0.4) is 0 Å². The van der Waals surface area contributed by atoms with Gasteiger partial charge in [0.2, 0.25) is 5.82 Å². The van der Waals surface area contributed by atoms with E-state index in [9.17, 15) is 26.7 Å². The summed E-state index contributed by atoms with van der Waals surface area (Å²) in [5, 5.41) is 9.31. The van der Waals surface area contributed by atoms with Crippen LogP contribution in [0.1, 0.15) is 28.4 Å². The molecule has 3 aromatic rings. The molecule has 3 heterocycles. The minimum Gasteiger partial charge on any atom is -0.316 e. The van der Waals surface area contributed by atoms with Gasteiger partial charge in [-0.1, -0.05) is 0 Å². The highest BCUT2D eigenvalue weighted by Gasteiger charge is 2.33. The van der Waals surface area contributed by atoms with Crippen molar-refractivity contribution in [3.05, 3.63) is 35.7 Å². The molecule has 0 aliphatic rings. The minimum atomic E-state index is -4.68. The topological polar surface area (TPSA) is 90.0 Å². The number of aromatic nitrogens is 6. The monoisotopic (exact) mass is 361 g/mol. The normalized spacial score (nSPS) is 12.1. The van der Waals surface area contributed by atoms with E-state index in [0.29, 0.717) is 6.07 Å². The maximum atomic E-state index is 12.8. The molecule has 0 aliphatic carbocycles. The molecule has 0 aliphatic heterocycles. The summed E-state index contributed by atoms with van der Waals surface area (Å²) in [6.07, 6.45) is -5.53. The average Bonchev–Trinajstić information content (AvgIpc) is 3.08. The van der Waals surface area contributed by atoms with Gasteiger partial charge in [0.15, 0.2) is 5.69 Å². The van der Waals surface area contributed by atoms with Crippen LogP contribution in [0.2, 0.25) is 0 Å². The maximum Gasteiger partial charge on any atom is 0.433 e. The fraction of sp³-hybridized carbons (Fsp3) is 0.250. The number of nitrogens with one attached hydrogen (secondary N) is 1. The Balaban J connectivity index is 1.90. The predicted octanol–water partition coefficient (Wildman–Crippen LogP) is 2.07. The van der Waals surface area contributed by atoms with Gasteiger partial charge in [-0.05, 0) is 6.07 Å². The Labute approximate surface area is 135 Å². The SMILES string of the molecule is Cn1cc(NC(=O)c2nc3nc(C(F)(F)F)ccn3n2)c(C(F)F)n1. The lowest BCUT2D eigenvalue weighted by Crippen LogP contribution is -2.14. The molecular formula is C12H8F5N7O. The molecular weight excluding hydrogens is 353 g/mol. The standard InChI is InChI=1S/C12H8F5N7O/c1-23-4-5(7(21-23)8(13)14)18-10(25)9-20-11-19-6(12(15,16)17)2-3-24(11)22-9/h2-4,8H,1H3,(H,18,25). The number of amides is 1. The number of halogens is 5. The van der Waals surface area contributed by atoms with Crippen molar-refractivity contribution in [2.75, 3.05) is 5.32 Å². The number of hydrogen-bond acceptors (Lipinski definition) is 5. The van der Waals surface area contributed by atoms with Crippen LogP contribution in [0.4, 0.5) is 27.6 Å². The van der Waals surface area contributed by atoms with Gasteiger partial charge in [0, 0.05) is 19.4 Å². The summed E-state index contributed by atoms with van der Waals surface area (Å²) in [5.41, 5.74) is -2.12. The first-order valence-corrected chi connectivity index (χ1v) is 6.59. The quantitative estimate of drug-likeness (QED) is 0.722. The van der Waals surface area contributed by atoms with Crippen LogP contribution in [-0.4, -0.2) is 35.3 Å². The van der Waals surface area contributed by atoms with Gasteiger partial charge in [-0.2, -0.15) is 23.3 Å². The molecule has 0 radical (unpaired) electrons. The van der Waals surface area contributed by atoms with E-state index in [0.717, 1.165) is 21.6 Å². The molecule has 0 spiro atoms. The lowest BCUT2D eigenvalue weighted by atomic mass is 10.3. The Hall–Kier alpha value is -3.12. The highest BCUT2D eigenvalue weighted by molar-refractivity contribution is 6.02. The Kier molecular flexibility index (Phi) is 3.85. The largest absolute Gasteiger partial charge is 0.433 e. The van der Waals surface area contributed by atoms with Crippen molar-refractivity contribution in [3.8, 4) is 0 Å². The third-order valence-electron chi connectivity index (χ3n) is 3.01. The number of hydrogen-bond donors (Lipinski definition) is 1. The van der Waals surface area contributed by atoms with Crippen LogP contribution in [-0.2, 0) is 13.2 Å². The summed E-state index contributed by atoms with van der Waals surface area (Å²) in [6, 6.07) is 0.666. The Morgan fingerprint density at radius 3 is 2.60 bits per heavy atom. The van der Waals surface area contributed by atoms with Crippen molar-refractivity contribution < 1.29 is 26.7 Å². The summed E-state index contributed by atoms with van der Waals surface area (Å²) in [6.45, 7) is 0. The number of aryl methyl sites for hydroxylation is 1. The first-order chi connectivity index (χ1) is 11.6. The lowest BCUT2D eigenvalue weighted by molar-refractivity contribution is -0.141. The van der Waals surface area contributed by atoms with Crippen LogP contribution >= 0.6 is 0 Å². The first kappa shape index (κ1) is 16.7. The van der Waals surface area contributed by atoms with Gasteiger partial charge in [0.05, 0.1) is 5.69 Å². The number of nitrogens with zero attached hydrogens (tertiary/aromatic N) is 6. The van der Waals surface area contributed by atoms with E-state index in [-0.39, 0.29) is 5.69 Å². The van der Waals surface area contributed by atoms with Crippen molar-refractivity contribution in [2.24, 2.45) is 7.05 Å². The fourth-order valence-electron chi connectivity index (χ4n) is 1.97. The molecule has 25 heavy (non-hydrogen) atoms. The second kappa shape index (κ2) is 5.75. The van der Waals surface area contributed by atoms with Crippen molar-refractivity contribution in [2.45, 2.75) is 12.6 Å². The smallest absolute Gasteiger partial charge is 0.316 e. The zero-order valence-electron chi connectivity index (χ0n) is 12.3. The van der Waals surface area contributed by atoms with Crippen molar-refractivity contribution in [3.63, 3.8) is 0 Å². The summed E-state index contributed by atoms with van der Waals surface area (Å²) < 4.78 is 65.4. The van der Waals surface area contributed by atoms with Crippen LogP contribution < -0.4 is 5.32 Å². The highest BCUT2D eigenvalue weighted by atomic mass is 19.4. The number of alkyl halides is 5. The number of anilines is 1.